The molecule has 86 valence electrons. The fraction of sp³-hybridized carbons (Fsp3) is 0.231. The first-order valence-electron chi connectivity index (χ1n) is 5.44. The normalized spacial score (nSPS) is 22.6. The Morgan fingerprint density at radius 3 is 2.94 bits per heavy atom. The highest BCUT2D eigenvalue weighted by Gasteiger charge is 2.45. The summed E-state index contributed by atoms with van der Waals surface area (Å²) < 4.78 is 0.997. The molecule has 2 unspecified atom stereocenters. The van der Waals surface area contributed by atoms with Crippen molar-refractivity contribution in [1.82, 2.24) is 4.98 Å². The zero-order valence-corrected chi connectivity index (χ0v) is 10.5. The number of aromatic nitrogens is 1. The molecule has 1 heterocycles. The van der Waals surface area contributed by atoms with Crippen molar-refractivity contribution in [3.05, 3.63) is 40.5 Å². The summed E-state index contributed by atoms with van der Waals surface area (Å²) in [5.74, 6) is -0.818. The molecule has 17 heavy (non-hydrogen) atoms. The minimum atomic E-state index is -0.706. The van der Waals surface area contributed by atoms with E-state index in [2.05, 4.69) is 20.9 Å². The van der Waals surface area contributed by atoms with Gasteiger partial charge in [-0.1, -0.05) is 28.1 Å². The first-order valence-corrected chi connectivity index (χ1v) is 6.23. The fourth-order valence-corrected chi connectivity index (χ4v) is 2.72. The van der Waals surface area contributed by atoms with Gasteiger partial charge in [-0.3, -0.25) is 9.78 Å². The number of carbonyl (C=O) groups is 1. The Labute approximate surface area is 107 Å². The van der Waals surface area contributed by atoms with Gasteiger partial charge in [-0.2, -0.15) is 0 Å². The van der Waals surface area contributed by atoms with Gasteiger partial charge < -0.3 is 5.11 Å². The number of benzene rings is 1. The predicted octanol–water partition coefficient (Wildman–Crippen LogP) is 3.19. The van der Waals surface area contributed by atoms with Crippen LogP contribution in [-0.4, -0.2) is 16.1 Å². The lowest BCUT2D eigenvalue weighted by atomic mass is 10.0. The van der Waals surface area contributed by atoms with Crippen molar-refractivity contribution in [3.8, 4) is 0 Å². The van der Waals surface area contributed by atoms with Crippen LogP contribution in [0.15, 0.2) is 34.9 Å². The second kappa shape index (κ2) is 3.81. The van der Waals surface area contributed by atoms with Crippen LogP contribution in [0.5, 0.6) is 0 Å². The molecule has 0 spiro atoms. The minimum Gasteiger partial charge on any atom is -0.481 e. The molecule has 1 aromatic carbocycles. The van der Waals surface area contributed by atoms with E-state index in [0.717, 1.165) is 27.4 Å². The number of pyridine rings is 1. The van der Waals surface area contributed by atoms with Crippen LogP contribution in [0.3, 0.4) is 0 Å². The highest BCUT2D eigenvalue weighted by Crippen LogP contribution is 2.49. The topological polar surface area (TPSA) is 50.2 Å². The van der Waals surface area contributed by atoms with Crippen molar-refractivity contribution in [2.75, 3.05) is 0 Å². The summed E-state index contributed by atoms with van der Waals surface area (Å²) in [5, 5.41) is 10.0. The second-order valence-corrected chi connectivity index (χ2v) is 5.18. The molecule has 0 amide bonds. The van der Waals surface area contributed by atoms with E-state index in [9.17, 15) is 4.79 Å². The number of fused-ring (bicyclic) bond motifs is 1. The Balaban J connectivity index is 2.13. The highest BCUT2D eigenvalue weighted by molar-refractivity contribution is 9.10. The molecule has 2 aromatic rings. The minimum absolute atomic E-state index is 0.123. The molecule has 3 nitrogen and oxygen atoms in total. The van der Waals surface area contributed by atoms with Gasteiger partial charge in [0.2, 0.25) is 0 Å². The van der Waals surface area contributed by atoms with E-state index in [1.165, 1.54) is 0 Å². The van der Waals surface area contributed by atoms with Gasteiger partial charge in [0.25, 0.3) is 0 Å². The van der Waals surface area contributed by atoms with Crippen LogP contribution < -0.4 is 0 Å². The fourth-order valence-electron chi connectivity index (χ4n) is 2.27. The van der Waals surface area contributed by atoms with Gasteiger partial charge in [0, 0.05) is 22.0 Å². The van der Waals surface area contributed by atoms with Crippen LogP contribution in [0, 0.1) is 5.92 Å². The molecule has 2 atom stereocenters. The summed E-state index contributed by atoms with van der Waals surface area (Å²) in [5.41, 5.74) is 1.96. The third-order valence-electron chi connectivity index (χ3n) is 3.25. The maximum absolute atomic E-state index is 10.9. The Bertz CT molecular complexity index is 611. The third kappa shape index (κ3) is 1.72. The summed E-state index contributed by atoms with van der Waals surface area (Å²) in [4.78, 5) is 15.3. The first-order chi connectivity index (χ1) is 8.18. The van der Waals surface area contributed by atoms with Crippen molar-refractivity contribution in [1.29, 1.82) is 0 Å². The number of hydrogen-bond acceptors (Lipinski definition) is 2. The molecule has 1 fully saturated rings. The summed E-state index contributed by atoms with van der Waals surface area (Å²) in [6.45, 7) is 0. The van der Waals surface area contributed by atoms with Crippen molar-refractivity contribution >= 4 is 32.8 Å². The van der Waals surface area contributed by atoms with E-state index in [4.69, 9.17) is 5.11 Å². The number of carboxylic acid groups (broad SMARTS) is 1. The van der Waals surface area contributed by atoms with E-state index in [-0.39, 0.29) is 11.8 Å². The molecule has 1 aliphatic carbocycles. The lowest BCUT2D eigenvalue weighted by molar-refractivity contribution is -0.138. The number of halogens is 1. The van der Waals surface area contributed by atoms with E-state index in [1.807, 2.05) is 24.3 Å². The van der Waals surface area contributed by atoms with Gasteiger partial charge in [-0.25, -0.2) is 0 Å². The van der Waals surface area contributed by atoms with Crippen LogP contribution in [-0.2, 0) is 4.79 Å². The molecule has 1 aromatic heterocycles. The molecule has 1 N–H and O–H groups in total. The van der Waals surface area contributed by atoms with Crippen LogP contribution in [0.2, 0.25) is 0 Å². The SMILES string of the molecule is O=C(O)C1CC1c1ccc(Br)c2cccnc12. The molecule has 1 aliphatic rings. The van der Waals surface area contributed by atoms with Crippen LogP contribution >= 0.6 is 15.9 Å². The van der Waals surface area contributed by atoms with Crippen LogP contribution in [0.1, 0.15) is 17.9 Å². The summed E-state index contributed by atoms with van der Waals surface area (Å²) in [6, 6.07) is 7.83. The van der Waals surface area contributed by atoms with Gasteiger partial charge in [0.1, 0.15) is 0 Å². The quantitative estimate of drug-likeness (QED) is 0.924. The van der Waals surface area contributed by atoms with Crippen molar-refractivity contribution < 1.29 is 9.90 Å². The van der Waals surface area contributed by atoms with Crippen LogP contribution in [0.4, 0.5) is 0 Å². The van der Waals surface area contributed by atoms with Gasteiger partial charge >= 0.3 is 5.97 Å². The molecule has 4 heteroatoms. The third-order valence-corrected chi connectivity index (χ3v) is 3.95. The lowest BCUT2D eigenvalue weighted by Crippen LogP contribution is -1.99. The predicted molar refractivity (Wildman–Crippen MR) is 67.9 cm³/mol. The zero-order chi connectivity index (χ0) is 12.0. The Hall–Kier alpha value is -1.42. The number of carboxylic acids is 1. The smallest absolute Gasteiger partial charge is 0.307 e. The molecule has 1 saturated carbocycles. The maximum atomic E-state index is 10.9. The Morgan fingerprint density at radius 1 is 1.41 bits per heavy atom. The largest absolute Gasteiger partial charge is 0.481 e. The molecular formula is C13H10BrNO2. The standard InChI is InChI=1S/C13H10BrNO2/c14-11-4-3-7(9-6-10(9)13(16)17)12-8(11)2-1-5-15-12/h1-5,9-10H,6H2,(H,16,17). The van der Waals surface area contributed by atoms with E-state index in [0.29, 0.717) is 0 Å². The van der Waals surface area contributed by atoms with Gasteiger partial charge in [-0.15, -0.1) is 0 Å². The van der Waals surface area contributed by atoms with E-state index >= 15 is 0 Å². The van der Waals surface area contributed by atoms with Crippen molar-refractivity contribution in [3.63, 3.8) is 0 Å². The number of aliphatic carboxylic acids is 1. The number of hydrogen-bond donors (Lipinski definition) is 1. The summed E-state index contributed by atoms with van der Waals surface area (Å²) in [6.07, 6.45) is 2.47. The molecule has 0 aliphatic heterocycles. The molecule has 3 rings (SSSR count). The zero-order valence-electron chi connectivity index (χ0n) is 8.93. The maximum Gasteiger partial charge on any atom is 0.307 e. The Kier molecular flexibility index (Phi) is 2.40. The lowest BCUT2D eigenvalue weighted by Gasteiger charge is -2.06. The summed E-state index contributed by atoms with van der Waals surface area (Å²) in [7, 11) is 0. The number of nitrogens with zero attached hydrogens (tertiary/aromatic N) is 1. The van der Waals surface area contributed by atoms with Gasteiger partial charge in [0.15, 0.2) is 0 Å². The van der Waals surface area contributed by atoms with E-state index < -0.39 is 5.97 Å². The average Bonchev–Trinajstić information content (AvgIpc) is 3.10. The molecule has 0 saturated heterocycles. The van der Waals surface area contributed by atoms with Gasteiger partial charge in [-0.05, 0) is 24.1 Å². The molecule has 0 radical (unpaired) electrons. The Morgan fingerprint density at radius 2 is 2.24 bits per heavy atom. The first kappa shape index (κ1) is 10.7. The van der Waals surface area contributed by atoms with Crippen LogP contribution in [0.25, 0.3) is 10.9 Å². The molecule has 0 bridgehead atoms. The monoisotopic (exact) mass is 291 g/mol. The highest BCUT2D eigenvalue weighted by atomic mass is 79.9. The van der Waals surface area contributed by atoms with Crippen molar-refractivity contribution in [2.24, 2.45) is 5.92 Å². The second-order valence-electron chi connectivity index (χ2n) is 4.32. The average molecular weight is 292 g/mol. The van der Waals surface area contributed by atoms with Crippen molar-refractivity contribution in [2.45, 2.75) is 12.3 Å². The van der Waals surface area contributed by atoms with E-state index in [1.54, 1.807) is 6.20 Å². The molecular weight excluding hydrogens is 282 g/mol. The van der Waals surface area contributed by atoms with Gasteiger partial charge in [0.05, 0.1) is 11.4 Å². The summed E-state index contributed by atoms with van der Waals surface area (Å²) >= 11 is 3.49. The number of rotatable bonds is 2.